The number of nitrogens with zero attached hydrogens (tertiary/aromatic N) is 1. The summed E-state index contributed by atoms with van der Waals surface area (Å²) in [6.07, 6.45) is 0.574. The van der Waals surface area contributed by atoms with Crippen molar-refractivity contribution in [1.29, 1.82) is 0 Å². The minimum Gasteiger partial charge on any atom is -0.294 e. The molecule has 0 unspecified atom stereocenters. The summed E-state index contributed by atoms with van der Waals surface area (Å²) in [4.78, 5) is 15.4. The van der Waals surface area contributed by atoms with E-state index in [9.17, 15) is 4.79 Å². The Labute approximate surface area is 131 Å². The summed E-state index contributed by atoms with van der Waals surface area (Å²) in [5, 5.41) is 1.96. The van der Waals surface area contributed by atoms with Crippen LogP contribution < -0.4 is 0 Å². The summed E-state index contributed by atoms with van der Waals surface area (Å²) in [5.41, 5.74) is 1.34. The van der Waals surface area contributed by atoms with Gasteiger partial charge in [-0.1, -0.05) is 36.4 Å². The summed E-state index contributed by atoms with van der Waals surface area (Å²) >= 11 is 1.53. The number of hydrogen-bond acceptors (Lipinski definition) is 3. The van der Waals surface area contributed by atoms with Gasteiger partial charge in [0.15, 0.2) is 5.78 Å². The fraction of sp³-hybridized carbons (Fsp3) is 0.389. The van der Waals surface area contributed by atoms with Gasteiger partial charge in [0.05, 0.1) is 4.88 Å². The number of thiophene rings is 1. The molecule has 2 nitrogen and oxygen atoms in total. The first-order valence-corrected chi connectivity index (χ1v) is 8.20. The zero-order valence-corrected chi connectivity index (χ0v) is 13.8. The molecule has 2 rings (SSSR count). The van der Waals surface area contributed by atoms with Crippen molar-refractivity contribution < 1.29 is 4.79 Å². The molecule has 21 heavy (non-hydrogen) atoms. The molecule has 112 valence electrons. The molecule has 0 bridgehead atoms. The van der Waals surface area contributed by atoms with Gasteiger partial charge in [-0.05, 0) is 37.8 Å². The Balaban J connectivity index is 1.99. The van der Waals surface area contributed by atoms with E-state index in [2.05, 4.69) is 49.9 Å². The van der Waals surface area contributed by atoms with Crippen molar-refractivity contribution in [3.05, 3.63) is 58.3 Å². The lowest BCUT2D eigenvalue weighted by molar-refractivity contribution is 0.0900. The number of carbonyl (C=O) groups is 1. The van der Waals surface area contributed by atoms with Gasteiger partial charge in [-0.2, -0.15) is 0 Å². The second kappa shape index (κ2) is 7.01. The largest absolute Gasteiger partial charge is 0.294 e. The molecule has 0 atom stereocenters. The molecule has 3 heteroatoms. The van der Waals surface area contributed by atoms with Crippen molar-refractivity contribution in [2.24, 2.45) is 0 Å². The topological polar surface area (TPSA) is 20.3 Å². The molecule has 0 aliphatic rings. The van der Waals surface area contributed by atoms with E-state index in [1.807, 2.05) is 23.6 Å². The predicted molar refractivity (Wildman–Crippen MR) is 89.9 cm³/mol. The SMILES string of the molecule is CC(C)(C)N(CCC(=O)c1cccs1)Cc1ccccc1. The fourth-order valence-electron chi connectivity index (χ4n) is 2.25. The number of rotatable bonds is 6. The van der Waals surface area contributed by atoms with Crippen LogP contribution in [0, 0.1) is 0 Å². The highest BCUT2D eigenvalue weighted by molar-refractivity contribution is 7.12. The number of ketones is 1. The third-order valence-corrected chi connectivity index (χ3v) is 4.48. The Morgan fingerprint density at radius 1 is 1.10 bits per heavy atom. The Bertz CT molecular complexity index is 555. The number of hydrogen-bond donors (Lipinski definition) is 0. The van der Waals surface area contributed by atoms with Gasteiger partial charge in [0.2, 0.25) is 0 Å². The van der Waals surface area contributed by atoms with Crippen LogP contribution >= 0.6 is 11.3 Å². The Morgan fingerprint density at radius 3 is 2.38 bits per heavy atom. The molecule has 0 radical (unpaired) electrons. The maximum Gasteiger partial charge on any atom is 0.174 e. The molecule has 1 aromatic heterocycles. The minimum atomic E-state index is 0.0472. The average molecular weight is 301 g/mol. The monoisotopic (exact) mass is 301 g/mol. The van der Waals surface area contributed by atoms with E-state index < -0.39 is 0 Å². The molecular formula is C18H23NOS. The molecule has 0 aliphatic heterocycles. The second-order valence-corrected chi connectivity index (χ2v) is 7.18. The van der Waals surface area contributed by atoms with E-state index in [-0.39, 0.29) is 11.3 Å². The first-order chi connectivity index (χ1) is 9.97. The average Bonchev–Trinajstić information content (AvgIpc) is 2.97. The van der Waals surface area contributed by atoms with Crippen molar-refractivity contribution in [2.45, 2.75) is 39.3 Å². The Kier molecular flexibility index (Phi) is 5.32. The van der Waals surface area contributed by atoms with Gasteiger partial charge in [-0.15, -0.1) is 11.3 Å². The highest BCUT2D eigenvalue weighted by atomic mass is 32.1. The smallest absolute Gasteiger partial charge is 0.174 e. The van der Waals surface area contributed by atoms with Gasteiger partial charge in [0, 0.05) is 25.0 Å². The van der Waals surface area contributed by atoms with Gasteiger partial charge >= 0.3 is 0 Å². The fourth-order valence-corrected chi connectivity index (χ4v) is 2.95. The Hall–Kier alpha value is -1.45. The minimum absolute atomic E-state index is 0.0472. The van der Waals surface area contributed by atoms with E-state index in [0.29, 0.717) is 6.42 Å². The second-order valence-electron chi connectivity index (χ2n) is 6.23. The molecule has 0 aliphatic carbocycles. The zero-order chi connectivity index (χ0) is 15.3. The molecule has 1 heterocycles. The van der Waals surface area contributed by atoms with Gasteiger partial charge < -0.3 is 0 Å². The van der Waals surface area contributed by atoms with Crippen molar-refractivity contribution >= 4 is 17.1 Å². The van der Waals surface area contributed by atoms with Crippen LogP contribution in [-0.4, -0.2) is 22.8 Å². The normalized spacial score (nSPS) is 11.8. The standard InChI is InChI=1S/C18H23NOS/c1-18(2,3)19(14-15-8-5-4-6-9-15)12-11-16(20)17-10-7-13-21-17/h4-10,13H,11-12,14H2,1-3H3. The lowest BCUT2D eigenvalue weighted by Crippen LogP contribution is -2.41. The third kappa shape index (κ3) is 4.80. The first kappa shape index (κ1) is 15.9. The Morgan fingerprint density at radius 2 is 1.81 bits per heavy atom. The summed E-state index contributed by atoms with van der Waals surface area (Å²) < 4.78 is 0. The summed E-state index contributed by atoms with van der Waals surface area (Å²) in [6.45, 7) is 8.26. The van der Waals surface area contributed by atoms with Crippen LogP contribution in [0.15, 0.2) is 47.8 Å². The molecule has 1 aromatic carbocycles. The molecular weight excluding hydrogens is 278 g/mol. The molecule has 0 fully saturated rings. The summed E-state index contributed by atoms with van der Waals surface area (Å²) in [7, 11) is 0. The summed E-state index contributed by atoms with van der Waals surface area (Å²) in [6, 6.07) is 14.3. The lowest BCUT2D eigenvalue weighted by atomic mass is 10.0. The van der Waals surface area contributed by atoms with Gasteiger partial charge in [-0.3, -0.25) is 9.69 Å². The highest BCUT2D eigenvalue weighted by Gasteiger charge is 2.22. The maximum atomic E-state index is 12.2. The van der Waals surface area contributed by atoms with Crippen molar-refractivity contribution in [3.63, 3.8) is 0 Å². The lowest BCUT2D eigenvalue weighted by Gasteiger charge is -2.35. The molecule has 2 aromatic rings. The van der Waals surface area contributed by atoms with Crippen LogP contribution in [0.3, 0.4) is 0 Å². The van der Waals surface area contributed by atoms with E-state index in [1.165, 1.54) is 16.9 Å². The zero-order valence-electron chi connectivity index (χ0n) is 13.0. The third-order valence-electron chi connectivity index (χ3n) is 3.57. The number of Topliss-reactive ketones (excluding diaryl/α,β-unsaturated/α-hetero) is 1. The van der Waals surface area contributed by atoms with Gasteiger partial charge in [-0.25, -0.2) is 0 Å². The van der Waals surface area contributed by atoms with E-state index in [0.717, 1.165) is 18.0 Å². The van der Waals surface area contributed by atoms with Crippen molar-refractivity contribution in [2.75, 3.05) is 6.54 Å². The van der Waals surface area contributed by atoms with E-state index >= 15 is 0 Å². The van der Waals surface area contributed by atoms with Crippen LogP contribution in [0.25, 0.3) is 0 Å². The van der Waals surface area contributed by atoms with Crippen LogP contribution in [0.5, 0.6) is 0 Å². The molecule has 0 N–H and O–H groups in total. The predicted octanol–water partition coefficient (Wildman–Crippen LogP) is 4.62. The van der Waals surface area contributed by atoms with Gasteiger partial charge in [0.1, 0.15) is 0 Å². The molecule has 0 amide bonds. The van der Waals surface area contributed by atoms with Crippen LogP contribution in [0.1, 0.15) is 42.4 Å². The number of carbonyl (C=O) groups excluding carboxylic acids is 1. The van der Waals surface area contributed by atoms with Crippen LogP contribution in [0.2, 0.25) is 0 Å². The van der Waals surface area contributed by atoms with Gasteiger partial charge in [0.25, 0.3) is 0 Å². The van der Waals surface area contributed by atoms with Crippen LogP contribution in [-0.2, 0) is 6.54 Å². The quantitative estimate of drug-likeness (QED) is 0.726. The molecule has 0 saturated carbocycles. The van der Waals surface area contributed by atoms with E-state index in [4.69, 9.17) is 0 Å². The van der Waals surface area contributed by atoms with Crippen molar-refractivity contribution in [1.82, 2.24) is 4.90 Å². The maximum absolute atomic E-state index is 12.2. The first-order valence-electron chi connectivity index (χ1n) is 7.32. The molecule has 0 spiro atoms. The van der Waals surface area contributed by atoms with Crippen LogP contribution in [0.4, 0.5) is 0 Å². The summed E-state index contributed by atoms with van der Waals surface area (Å²) in [5.74, 6) is 0.243. The highest BCUT2D eigenvalue weighted by Crippen LogP contribution is 2.19. The van der Waals surface area contributed by atoms with E-state index in [1.54, 1.807) is 0 Å². The van der Waals surface area contributed by atoms with Crippen molar-refractivity contribution in [3.8, 4) is 0 Å². The molecule has 0 saturated heterocycles. The number of benzene rings is 1.